The van der Waals surface area contributed by atoms with E-state index in [1.165, 1.54) is 5.57 Å². The van der Waals surface area contributed by atoms with E-state index in [0.29, 0.717) is 34.3 Å². The van der Waals surface area contributed by atoms with E-state index in [1.54, 1.807) is 14.0 Å². The van der Waals surface area contributed by atoms with Crippen LogP contribution < -0.4 is 0 Å². The van der Waals surface area contributed by atoms with Crippen LogP contribution in [0.3, 0.4) is 0 Å². The molecule has 0 unspecified atom stereocenters. The van der Waals surface area contributed by atoms with Gasteiger partial charge in [0.05, 0.1) is 18.3 Å². The van der Waals surface area contributed by atoms with Crippen molar-refractivity contribution in [1.82, 2.24) is 0 Å². The molecule has 0 aromatic heterocycles. The van der Waals surface area contributed by atoms with Crippen molar-refractivity contribution < 1.29 is 29.2 Å². The minimum atomic E-state index is -1.05. The first-order valence-electron chi connectivity index (χ1n) is 13.6. The van der Waals surface area contributed by atoms with Gasteiger partial charge in [-0.3, -0.25) is 4.79 Å². The summed E-state index contributed by atoms with van der Waals surface area (Å²) in [6.07, 6.45) is 6.44. The third-order valence-corrected chi connectivity index (χ3v) is 8.95. The van der Waals surface area contributed by atoms with E-state index in [9.17, 15) is 15.0 Å². The first kappa shape index (κ1) is 27.2. The molecule has 0 aromatic carbocycles. The average molecular weight is 501 g/mol. The molecule has 3 heterocycles. The van der Waals surface area contributed by atoms with E-state index in [2.05, 4.69) is 33.8 Å². The number of ether oxygens (including phenoxy) is 3. The predicted molar refractivity (Wildman–Crippen MR) is 139 cm³/mol. The van der Waals surface area contributed by atoms with Crippen molar-refractivity contribution in [1.29, 1.82) is 0 Å². The number of carbonyl (C=O) groups excluding carboxylic acids is 1. The van der Waals surface area contributed by atoms with E-state index < -0.39 is 23.8 Å². The van der Waals surface area contributed by atoms with Crippen molar-refractivity contribution in [3.63, 3.8) is 0 Å². The molecule has 0 amide bonds. The molecular formula is C30H44O6. The zero-order valence-electron chi connectivity index (χ0n) is 23.1. The van der Waals surface area contributed by atoms with E-state index in [1.807, 2.05) is 19.9 Å². The molecule has 1 aliphatic carbocycles. The van der Waals surface area contributed by atoms with Crippen LogP contribution in [0.5, 0.6) is 0 Å². The molecule has 6 nitrogen and oxygen atoms in total. The summed E-state index contributed by atoms with van der Waals surface area (Å²) >= 11 is 0. The molecule has 4 rings (SSSR count). The minimum Gasteiger partial charge on any atom is -0.504 e. The Labute approximate surface area is 216 Å². The zero-order valence-corrected chi connectivity index (χ0v) is 23.1. The monoisotopic (exact) mass is 500 g/mol. The number of rotatable bonds is 1. The van der Waals surface area contributed by atoms with Crippen LogP contribution in [0.1, 0.15) is 74.1 Å². The maximum absolute atomic E-state index is 13.2. The lowest BCUT2D eigenvalue weighted by Gasteiger charge is -2.44. The van der Waals surface area contributed by atoms with Gasteiger partial charge in [-0.15, -0.1) is 0 Å². The lowest BCUT2D eigenvalue weighted by molar-refractivity contribution is -0.186. The molecule has 4 bridgehead atoms. The lowest BCUT2D eigenvalue weighted by Crippen LogP contribution is -2.50. The van der Waals surface area contributed by atoms with Gasteiger partial charge in [0, 0.05) is 41.6 Å². The smallest absolute Gasteiger partial charge is 0.233 e. The Bertz CT molecular complexity index is 1020. The Hall–Kier alpha value is -1.89. The van der Waals surface area contributed by atoms with Crippen molar-refractivity contribution >= 4 is 5.78 Å². The van der Waals surface area contributed by atoms with Crippen molar-refractivity contribution in [2.75, 3.05) is 7.11 Å². The number of carbonyl (C=O) groups is 1. The van der Waals surface area contributed by atoms with Crippen LogP contribution in [0, 0.1) is 29.6 Å². The van der Waals surface area contributed by atoms with Crippen molar-refractivity contribution in [3.05, 3.63) is 46.0 Å². The summed E-state index contributed by atoms with van der Waals surface area (Å²) in [4.78, 5) is 13.2. The summed E-state index contributed by atoms with van der Waals surface area (Å²) in [7, 11) is 1.63. The summed E-state index contributed by atoms with van der Waals surface area (Å²) in [6, 6.07) is 0. The Morgan fingerprint density at radius 1 is 1.08 bits per heavy atom. The van der Waals surface area contributed by atoms with Crippen LogP contribution in [0.25, 0.3) is 0 Å². The van der Waals surface area contributed by atoms with Crippen LogP contribution in [-0.4, -0.2) is 47.2 Å². The molecule has 200 valence electrons. The SMILES string of the molecule is CO[C@@]12C=C3C(=C(C)C(=O)C(O)=C3[C@@H]3O[C@H](CC[C@H](C)/C=C(\C)C[C@@H](C)C[C@@H]1C)[C@H](C)[C@H](O)[C@H]3C)O2. The van der Waals surface area contributed by atoms with Gasteiger partial charge < -0.3 is 24.4 Å². The largest absolute Gasteiger partial charge is 0.504 e. The van der Waals surface area contributed by atoms with Crippen molar-refractivity contribution in [3.8, 4) is 0 Å². The number of aliphatic hydroxyl groups excluding tert-OH is 2. The summed E-state index contributed by atoms with van der Waals surface area (Å²) in [6.45, 7) is 14.4. The van der Waals surface area contributed by atoms with Crippen LogP contribution in [0.15, 0.2) is 46.0 Å². The molecule has 3 aliphatic heterocycles. The first-order chi connectivity index (χ1) is 16.9. The van der Waals surface area contributed by atoms with Crippen molar-refractivity contribution in [2.45, 2.75) is 98.2 Å². The molecule has 0 aromatic rings. The maximum Gasteiger partial charge on any atom is 0.233 e. The third kappa shape index (κ3) is 4.61. The highest BCUT2D eigenvalue weighted by Gasteiger charge is 2.52. The van der Waals surface area contributed by atoms with Gasteiger partial charge in [-0.2, -0.15) is 0 Å². The van der Waals surface area contributed by atoms with Gasteiger partial charge in [-0.05, 0) is 57.4 Å². The van der Waals surface area contributed by atoms with E-state index in [4.69, 9.17) is 14.2 Å². The van der Waals surface area contributed by atoms with Gasteiger partial charge in [-0.25, -0.2) is 0 Å². The van der Waals surface area contributed by atoms with Gasteiger partial charge in [0.15, 0.2) is 5.76 Å². The average Bonchev–Trinajstić information content (AvgIpc) is 3.22. The Kier molecular flexibility index (Phi) is 7.63. The lowest BCUT2D eigenvalue weighted by atomic mass is 9.75. The topological polar surface area (TPSA) is 85.2 Å². The van der Waals surface area contributed by atoms with Crippen molar-refractivity contribution in [2.24, 2.45) is 29.6 Å². The molecular weight excluding hydrogens is 456 g/mol. The zero-order chi connectivity index (χ0) is 26.5. The van der Waals surface area contributed by atoms with Crippen LogP contribution >= 0.6 is 0 Å². The second-order valence-electron chi connectivity index (χ2n) is 11.9. The summed E-state index contributed by atoms with van der Waals surface area (Å²) in [5.74, 6) is -0.941. The normalized spacial score (nSPS) is 43.6. The highest BCUT2D eigenvalue weighted by Crippen LogP contribution is 2.50. The van der Waals surface area contributed by atoms with E-state index in [0.717, 1.165) is 25.7 Å². The van der Waals surface area contributed by atoms with E-state index >= 15 is 0 Å². The van der Waals surface area contributed by atoms with Crippen LogP contribution in [0.2, 0.25) is 0 Å². The maximum atomic E-state index is 13.2. The number of hydrogen-bond acceptors (Lipinski definition) is 6. The fourth-order valence-electron chi connectivity index (χ4n) is 6.79. The minimum absolute atomic E-state index is 0.00409. The number of hydrogen-bond donors (Lipinski definition) is 2. The Morgan fingerprint density at radius 3 is 2.44 bits per heavy atom. The van der Waals surface area contributed by atoms with Gasteiger partial charge in [0.25, 0.3) is 0 Å². The number of fused-ring (bicyclic) bond motifs is 4. The highest BCUT2D eigenvalue weighted by atomic mass is 16.7. The van der Waals surface area contributed by atoms with Gasteiger partial charge in [-0.1, -0.05) is 46.3 Å². The molecule has 1 fully saturated rings. The predicted octanol–water partition coefficient (Wildman–Crippen LogP) is 5.78. The number of ketones is 1. The van der Waals surface area contributed by atoms with E-state index in [-0.39, 0.29) is 29.6 Å². The molecule has 0 spiro atoms. The van der Waals surface area contributed by atoms with Crippen LogP contribution in [-0.2, 0) is 19.0 Å². The molecule has 0 saturated carbocycles. The fraction of sp³-hybridized carbons (Fsp3) is 0.700. The molecule has 6 heteroatoms. The fourth-order valence-corrected chi connectivity index (χ4v) is 6.79. The molecule has 9 atom stereocenters. The second kappa shape index (κ2) is 10.1. The van der Waals surface area contributed by atoms with Gasteiger partial charge in [0.1, 0.15) is 5.76 Å². The Balaban J connectivity index is 1.86. The number of methoxy groups -OCH3 is 1. The standard InChI is InChI=1S/C30H44O6/c1-15-9-10-23-19(5)25(31)20(6)29(35-23)24-22-14-30(34-8,18(4)13-17(3)12-16(2)11-15)36-28(22)21(7)26(32)27(24)33/h11,14-15,17-20,23,25,29,31,33H,9-10,12-13H2,1-8H3/b16-11+/t15-,17+,18-,19-,20+,23+,25-,29+,30+/m0/s1. The Morgan fingerprint density at radius 2 is 1.78 bits per heavy atom. The number of allylic oxidation sites excluding steroid dienone is 4. The summed E-state index contributed by atoms with van der Waals surface area (Å²) in [5, 5.41) is 22.4. The number of aliphatic hydroxyl groups is 2. The number of Topliss-reactive ketones (excluding diaryl/α,β-unsaturated/α-hetero) is 1. The molecule has 1 saturated heterocycles. The van der Waals surface area contributed by atoms with Gasteiger partial charge >= 0.3 is 0 Å². The molecule has 2 N–H and O–H groups in total. The third-order valence-electron chi connectivity index (χ3n) is 8.95. The second-order valence-corrected chi connectivity index (χ2v) is 11.9. The quantitative estimate of drug-likeness (QED) is 0.444. The summed E-state index contributed by atoms with van der Waals surface area (Å²) < 4.78 is 19.1. The molecule has 36 heavy (non-hydrogen) atoms. The molecule has 0 radical (unpaired) electrons. The van der Waals surface area contributed by atoms with Crippen LogP contribution in [0.4, 0.5) is 0 Å². The summed E-state index contributed by atoms with van der Waals surface area (Å²) in [5.41, 5.74) is 2.81. The van der Waals surface area contributed by atoms with Gasteiger partial charge in [0.2, 0.25) is 11.6 Å². The molecule has 4 aliphatic rings. The highest BCUT2D eigenvalue weighted by molar-refractivity contribution is 6.10. The first-order valence-corrected chi connectivity index (χ1v) is 13.6.